The van der Waals surface area contributed by atoms with Crippen molar-refractivity contribution in [2.45, 2.75) is 12.2 Å². The van der Waals surface area contributed by atoms with E-state index in [1.165, 1.54) is 11.0 Å². The van der Waals surface area contributed by atoms with Crippen molar-refractivity contribution in [2.24, 2.45) is 0 Å². The van der Waals surface area contributed by atoms with Crippen LogP contribution >= 0.6 is 23.2 Å². The second kappa shape index (κ2) is 5.92. The molecule has 1 fully saturated rings. The zero-order chi connectivity index (χ0) is 14.0. The summed E-state index contributed by atoms with van der Waals surface area (Å²) < 4.78 is 0. The highest BCUT2D eigenvalue weighted by Gasteiger charge is 2.31. The van der Waals surface area contributed by atoms with Crippen molar-refractivity contribution in [1.29, 1.82) is 0 Å². The lowest BCUT2D eigenvalue weighted by Crippen LogP contribution is -2.27. The van der Waals surface area contributed by atoms with Crippen molar-refractivity contribution in [3.05, 3.63) is 39.9 Å². The lowest BCUT2D eigenvalue weighted by molar-refractivity contribution is -0.125. The first-order valence-corrected chi connectivity index (χ1v) is 6.51. The summed E-state index contributed by atoms with van der Waals surface area (Å²) in [5, 5.41) is 19.8. The first kappa shape index (κ1) is 14.3. The minimum absolute atomic E-state index is 0.133. The van der Waals surface area contributed by atoms with E-state index in [1.54, 1.807) is 24.3 Å². The molecular weight excluding hydrogens is 289 g/mol. The highest BCUT2D eigenvalue weighted by atomic mass is 35.5. The molecule has 1 aliphatic rings. The van der Waals surface area contributed by atoms with Gasteiger partial charge in [0.25, 0.3) is 0 Å². The topological polar surface area (TPSA) is 60.8 Å². The van der Waals surface area contributed by atoms with Crippen LogP contribution in [0.2, 0.25) is 10.0 Å². The van der Waals surface area contributed by atoms with Gasteiger partial charge in [-0.3, -0.25) is 4.79 Å². The molecule has 19 heavy (non-hydrogen) atoms. The zero-order valence-corrected chi connectivity index (χ0v) is 11.5. The molecule has 1 saturated heterocycles. The predicted molar refractivity (Wildman–Crippen MR) is 74.1 cm³/mol. The average Bonchev–Trinajstić information content (AvgIpc) is 2.70. The number of β-amino-alcohol motifs (C(OH)–C–C–N with tert-alkyl or cyclic N) is 2. The third-order valence-electron chi connectivity index (χ3n) is 2.93. The first-order chi connectivity index (χ1) is 8.97. The van der Waals surface area contributed by atoms with Gasteiger partial charge in [-0.1, -0.05) is 23.2 Å². The van der Waals surface area contributed by atoms with Gasteiger partial charge in [0.2, 0.25) is 5.91 Å². The minimum atomic E-state index is -0.882. The number of aliphatic hydroxyl groups is 2. The average molecular weight is 302 g/mol. The van der Waals surface area contributed by atoms with E-state index in [0.29, 0.717) is 15.6 Å². The summed E-state index contributed by atoms with van der Waals surface area (Å²) in [7, 11) is 0. The van der Waals surface area contributed by atoms with Crippen LogP contribution < -0.4 is 0 Å². The Morgan fingerprint density at radius 1 is 1.26 bits per heavy atom. The van der Waals surface area contributed by atoms with E-state index in [4.69, 9.17) is 23.2 Å². The summed E-state index contributed by atoms with van der Waals surface area (Å²) in [6.45, 7) is 0.265. The van der Waals surface area contributed by atoms with Crippen LogP contribution in [0.3, 0.4) is 0 Å². The van der Waals surface area contributed by atoms with Gasteiger partial charge in [0.1, 0.15) is 0 Å². The van der Waals surface area contributed by atoms with E-state index in [-0.39, 0.29) is 19.0 Å². The number of rotatable bonds is 2. The Hall–Kier alpha value is -1.07. The predicted octanol–water partition coefficient (Wildman–Crippen LogP) is 1.57. The van der Waals surface area contributed by atoms with Crippen molar-refractivity contribution in [1.82, 2.24) is 4.90 Å². The van der Waals surface area contributed by atoms with Crippen molar-refractivity contribution in [3.63, 3.8) is 0 Å². The number of hydrogen-bond acceptors (Lipinski definition) is 3. The molecule has 0 spiro atoms. The summed E-state index contributed by atoms with van der Waals surface area (Å²) in [6.07, 6.45) is 1.15. The van der Waals surface area contributed by atoms with Gasteiger partial charge in [0.15, 0.2) is 0 Å². The number of hydrogen-bond donors (Lipinski definition) is 2. The SMILES string of the molecule is O=C(C=Cc1cc(Cl)ccc1Cl)N1C[C@@H](O)[C@@H](O)C1. The number of amides is 1. The molecule has 1 heterocycles. The van der Waals surface area contributed by atoms with E-state index in [1.807, 2.05) is 0 Å². The molecule has 6 heteroatoms. The molecule has 2 rings (SSSR count). The van der Waals surface area contributed by atoms with Gasteiger partial charge in [0, 0.05) is 29.2 Å². The van der Waals surface area contributed by atoms with Crippen LogP contribution in [0.15, 0.2) is 24.3 Å². The quantitative estimate of drug-likeness (QED) is 0.815. The van der Waals surface area contributed by atoms with Crippen LogP contribution in [-0.2, 0) is 4.79 Å². The minimum Gasteiger partial charge on any atom is -0.388 e. The molecular formula is C13H13Cl2NO3. The highest BCUT2D eigenvalue weighted by Crippen LogP contribution is 2.22. The normalized spacial score (nSPS) is 23.3. The van der Waals surface area contributed by atoms with Crippen LogP contribution in [0.25, 0.3) is 6.08 Å². The highest BCUT2D eigenvalue weighted by molar-refractivity contribution is 6.34. The maximum atomic E-state index is 11.8. The van der Waals surface area contributed by atoms with Crippen molar-refractivity contribution >= 4 is 35.2 Å². The fourth-order valence-corrected chi connectivity index (χ4v) is 2.22. The largest absolute Gasteiger partial charge is 0.388 e. The summed E-state index contributed by atoms with van der Waals surface area (Å²) >= 11 is 11.8. The van der Waals surface area contributed by atoms with Gasteiger partial charge >= 0.3 is 0 Å². The van der Waals surface area contributed by atoms with Gasteiger partial charge in [-0.05, 0) is 29.8 Å². The van der Waals surface area contributed by atoms with E-state index < -0.39 is 12.2 Å². The van der Waals surface area contributed by atoms with Crippen LogP contribution in [0.4, 0.5) is 0 Å². The number of likely N-dealkylation sites (tertiary alicyclic amines) is 1. The monoisotopic (exact) mass is 301 g/mol. The maximum Gasteiger partial charge on any atom is 0.246 e. The molecule has 4 nitrogen and oxygen atoms in total. The van der Waals surface area contributed by atoms with Crippen molar-refractivity contribution < 1.29 is 15.0 Å². The number of benzene rings is 1. The molecule has 0 aliphatic carbocycles. The number of carbonyl (C=O) groups is 1. The number of nitrogens with zero attached hydrogens (tertiary/aromatic N) is 1. The third-order valence-corrected chi connectivity index (χ3v) is 3.51. The zero-order valence-electron chi connectivity index (χ0n) is 9.96. The fourth-order valence-electron chi connectivity index (χ4n) is 1.86. The molecule has 0 bridgehead atoms. The number of halogens is 2. The Bertz CT molecular complexity index is 509. The molecule has 1 aliphatic heterocycles. The lowest BCUT2D eigenvalue weighted by atomic mass is 10.2. The Morgan fingerprint density at radius 2 is 1.89 bits per heavy atom. The Labute approximate surface area is 120 Å². The Balaban J connectivity index is 2.06. The lowest BCUT2D eigenvalue weighted by Gasteiger charge is -2.12. The van der Waals surface area contributed by atoms with Crippen LogP contribution in [0.5, 0.6) is 0 Å². The van der Waals surface area contributed by atoms with Crippen molar-refractivity contribution in [2.75, 3.05) is 13.1 Å². The molecule has 102 valence electrons. The molecule has 2 N–H and O–H groups in total. The number of aliphatic hydroxyl groups excluding tert-OH is 2. The van der Waals surface area contributed by atoms with Gasteiger partial charge in [-0.15, -0.1) is 0 Å². The second-order valence-corrected chi connectivity index (χ2v) is 5.22. The van der Waals surface area contributed by atoms with Crippen LogP contribution in [-0.4, -0.2) is 46.3 Å². The van der Waals surface area contributed by atoms with Crippen LogP contribution in [0.1, 0.15) is 5.56 Å². The molecule has 2 atom stereocenters. The number of carbonyl (C=O) groups excluding carboxylic acids is 1. The summed E-state index contributed by atoms with van der Waals surface area (Å²) in [5.41, 5.74) is 0.641. The van der Waals surface area contributed by atoms with Crippen molar-refractivity contribution in [3.8, 4) is 0 Å². The standard InChI is InChI=1S/C13H13Cl2NO3/c14-9-2-3-10(15)8(5-9)1-4-13(19)16-6-11(17)12(18)7-16/h1-5,11-12,17-18H,6-7H2/t11-,12+. The third kappa shape index (κ3) is 3.48. The summed E-state index contributed by atoms with van der Waals surface area (Å²) in [6, 6.07) is 4.97. The maximum absolute atomic E-state index is 11.8. The molecule has 1 aromatic carbocycles. The van der Waals surface area contributed by atoms with E-state index in [0.717, 1.165) is 0 Å². The van der Waals surface area contributed by atoms with Gasteiger partial charge in [-0.2, -0.15) is 0 Å². The molecule has 1 aromatic rings. The second-order valence-electron chi connectivity index (χ2n) is 4.38. The summed E-state index contributed by atoms with van der Waals surface area (Å²) in [5.74, 6) is -0.286. The first-order valence-electron chi connectivity index (χ1n) is 5.75. The van der Waals surface area contributed by atoms with E-state index >= 15 is 0 Å². The molecule has 0 aromatic heterocycles. The molecule has 0 saturated carbocycles. The molecule has 0 unspecified atom stereocenters. The Kier molecular flexibility index (Phi) is 4.47. The smallest absolute Gasteiger partial charge is 0.246 e. The van der Waals surface area contributed by atoms with Gasteiger partial charge in [-0.25, -0.2) is 0 Å². The Morgan fingerprint density at radius 3 is 2.53 bits per heavy atom. The molecule has 0 radical (unpaired) electrons. The van der Waals surface area contributed by atoms with Crippen LogP contribution in [0, 0.1) is 0 Å². The van der Waals surface area contributed by atoms with E-state index in [2.05, 4.69) is 0 Å². The van der Waals surface area contributed by atoms with Gasteiger partial charge < -0.3 is 15.1 Å². The van der Waals surface area contributed by atoms with E-state index in [9.17, 15) is 15.0 Å². The van der Waals surface area contributed by atoms with Gasteiger partial charge in [0.05, 0.1) is 12.2 Å². The fraction of sp³-hybridized carbons (Fsp3) is 0.308. The summed E-state index contributed by atoms with van der Waals surface area (Å²) in [4.78, 5) is 13.2. The molecule has 1 amide bonds.